The van der Waals surface area contributed by atoms with Crippen LogP contribution in [0.5, 0.6) is 11.5 Å². The van der Waals surface area contributed by atoms with Gasteiger partial charge in [0.1, 0.15) is 19.0 Å². The van der Waals surface area contributed by atoms with Gasteiger partial charge in [-0.25, -0.2) is 8.42 Å². The van der Waals surface area contributed by atoms with E-state index in [1.165, 1.54) is 0 Å². The van der Waals surface area contributed by atoms with Crippen molar-refractivity contribution in [2.24, 2.45) is 0 Å². The second-order valence-electron chi connectivity index (χ2n) is 7.83. The number of carbonyl (C=O) groups excluding carboxylic acids is 1. The number of fused-ring (bicyclic) bond motifs is 1. The van der Waals surface area contributed by atoms with Gasteiger partial charge in [-0.15, -0.1) is 0 Å². The molecule has 0 atom stereocenters. The molecule has 146 valence electrons. The van der Waals surface area contributed by atoms with Crippen LogP contribution in [0, 0.1) is 6.92 Å². The van der Waals surface area contributed by atoms with Crippen LogP contribution in [0.4, 0.5) is 0 Å². The number of sulfone groups is 1. The number of Topliss-reactive ketones (excluding diaryl/α,β-unsaturated/α-hetero) is 1. The van der Waals surface area contributed by atoms with Crippen LogP contribution < -0.4 is 9.47 Å². The smallest absolute Gasteiger partial charge is 0.164 e. The maximum absolute atomic E-state index is 12.3. The van der Waals surface area contributed by atoms with E-state index in [0.29, 0.717) is 32.5 Å². The third-order valence-corrected chi connectivity index (χ3v) is 7.45. The quantitative estimate of drug-likeness (QED) is 0.642. The average Bonchev–Trinajstić information content (AvgIpc) is 2.56. The SMILES string of the molecule is Cc1c(CC(=O)CCCCCS(=O)(=O)C(C)(C)C)ccc2c1OCCO2. The molecule has 2 rings (SSSR count). The third-order valence-electron chi connectivity index (χ3n) is 4.76. The first kappa shape index (κ1) is 20.7. The van der Waals surface area contributed by atoms with E-state index in [0.717, 1.165) is 35.5 Å². The number of ketones is 1. The molecule has 5 nitrogen and oxygen atoms in total. The lowest BCUT2D eigenvalue weighted by Gasteiger charge is -2.21. The highest BCUT2D eigenvalue weighted by Gasteiger charge is 2.28. The molecule has 0 saturated heterocycles. The van der Waals surface area contributed by atoms with Gasteiger partial charge in [0.15, 0.2) is 21.3 Å². The van der Waals surface area contributed by atoms with Gasteiger partial charge < -0.3 is 9.47 Å². The minimum Gasteiger partial charge on any atom is -0.486 e. The molecule has 1 aromatic rings. The molecule has 0 N–H and O–H groups in total. The summed E-state index contributed by atoms with van der Waals surface area (Å²) in [6.07, 6.45) is 2.94. The summed E-state index contributed by atoms with van der Waals surface area (Å²) in [5, 5.41) is 0. The van der Waals surface area contributed by atoms with Crippen LogP contribution in [-0.4, -0.2) is 37.9 Å². The molecule has 0 aromatic heterocycles. The van der Waals surface area contributed by atoms with Crippen LogP contribution in [0.1, 0.15) is 57.6 Å². The number of hydrogen-bond acceptors (Lipinski definition) is 5. The summed E-state index contributed by atoms with van der Waals surface area (Å²) in [5.41, 5.74) is 1.93. The Hall–Kier alpha value is -1.56. The lowest BCUT2D eigenvalue weighted by molar-refractivity contribution is -0.118. The van der Waals surface area contributed by atoms with Crippen LogP contribution in [0.2, 0.25) is 0 Å². The number of benzene rings is 1. The van der Waals surface area contributed by atoms with E-state index >= 15 is 0 Å². The van der Waals surface area contributed by atoms with Crippen molar-refractivity contribution in [1.29, 1.82) is 0 Å². The highest BCUT2D eigenvalue weighted by molar-refractivity contribution is 7.92. The highest BCUT2D eigenvalue weighted by Crippen LogP contribution is 2.35. The molecule has 1 aliphatic heterocycles. The molecule has 0 saturated carbocycles. The maximum atomic E-state index is 12.3. The van der Waals surface area contributed by atoms with Gasteiger partial charge in [0.05, 0.1) is 10.5 Å². The van der Waals surface area contributed by atoms with Crippen molar-refractivity contribution in [2.75, 3.05) is 19.0 Å². The number of rotatable bonds is 8. The van der Waals surface area contributed by atoms with Crippen LogP contribution in [0.3, 0.4) is 0 Å². The first-order chi connectivity index (χ1) is 12.1. The maximum Gasteiger partial charge on any atom is 0.164 e. The van der Waals surface area contributed by atoms with Crippen LogP contribution >= 0.6 is 0 Å². The van der Waals surface area contributed by atoms with Crippen molar-refractivity contribution >= 4 is 15.6 Å². The summed E-state index contributed by atoms with van der Waals surface area (Å²) >= 11 is 0. The lowest BCUT2D eigenvalue weighted by Crippen LogP contribution is -2.30. The Kier molecular flexibility index (Phi) is 6.72. The van der Waals surface area contributed by atoms with Crippen LogP contribution in [-0.2, 0) is 21.1 Å². The van der Waals surface area contributed by atoms with E-state index < -0.39 is 14.6 Å². The molecule has 6 heteroatoms. The normalized spacial score (nSPS) is 14.3. The van der Waals surface area contributed by atoms with E-state index in [1.54, 1.807) is 20.8 Å². The van der Waals surface area contributed by atoms with Crippen molar-refractivity contribution in [2.45, 2.75) is 64.5 Å². The van der Waals surface area contributed by atoms with E-state index in [2.05, 4.69) is 0 Å². The highest BCUT2D eigenvalue weighted by atomic mass is 32.2. The van der Waals surface area contributed by atoms with Crippen molar-refractivity contribution in [3.63, 3.8) is 0 Å². The van der Waals surface area contributed by atoms with E-state index in [1.807, 2.05) is 19.1 Å². The van der Waals surface area contributed by atoms with Crippen molar-refractivity contribution in [1.82, 2.24) is 0 Å². The molecule has 1 aromatic carbocycles. The largest absolute Gasteiger partial charge is 0.486 e. The first-order valence-electron chi connectivity index (χ1n) is 9.24. The molecule has 0 amide bonds. The van der Waals surface area contributed by atoms with Crippen molar-refractivity contribution in [3.8, 4) is 11.5 Å². The summed E-state index contributed by atoms with van der Waals surface area (Å²) in [6.45, 7) is 8.20. The third kappa shape index (κ3) is 5.22. The van der Waals surface area contributed by atoms with Crippen molar-refractivity contribution < 1.29 is 22.7 Å². The molecule has 0 bridgehead atoms. The topological polar surface area (TPSA) is 69.7 Å². The minimum atomic E-state index is -3.07. The molecular formula is C20H30O5S. The molecule has 26 heavy (non-hydrogen) atoms. The summed E-state index contributed by atoms with van der Waals surface area (Å²) in [5.74, 6) is 1.84. The predicted molar refractivity (Wildman–Crippen MR) is 103 cm³/mol. The van der Waals surface area contributed by atoms with Crippen LogP contribution in [0.25, 0.3) is 0 Å². The Balaban J connectivity index is 1.78. The first-order valence-corrected chi connectivity index (χ1v) is 10.9. The van der Waals surface area contributed by atoms with Gasteiger partial charge >= 0.3 is 0 Å². The predicted octanol–water partition coefficient (Wildman–Crippen LogP) is 3.65. The molecule has 0 spiro atoms. The lowest BCUT2D eigenvalue weighted by atomic mass is 9.99. The number of unbranched alkanes of at least 4 members (excludes halogenated alkanes) is 2. The second kappa shape index (κ2) is 8.42. The Labute approximate surface area is 157 Å². The van der Waals surface area contributed by atoms with Gasteiger partial charge in [-0.05, 0) is 57.7 Å². The number of hydrogen-bond donors (Lipinski definition) is 0. The van der Waals surface area contributed by atoms with E-state index in [-0.39, 0.29) is 11.5 Å². The molecule has 1 heterocycles. The molecule has 0 aliphatic carbocycles. The standard InChI is InChI=1S/C20H30O5S/c1-15-16(9-10-18-19(15)25-12-11-24-18)14-17(21)8-6-5-7-13-26(22,23)20(2,3)4/h9-10H,5-8,11-14H2,1-4H3. The summed E-state index contributed by atoms with van der Waals surface area (Å²) in [4.78, 5) is 12.3. The zero-order chi connectivity index (χ0) is 19.4. The summed E-state index contributed by atoms with van der Waals surface area (Å²) in [6, 6.07) is 3.79. The van der Waals surface area contributed by atoms with Gasteiger partial charge in [0.25, 0.3) is 0 Å². The van der Waals surface area contributed by atoms with Gasteiger partial charge in [0, 0.05) is 12.8 Å². The van der Waals surface area contributed by atoms with Gasteiger partial charge in [-0.3, -0.25) is 4.79 Å². The Morgan fingerprint density at radius 2 is 1.77 bits per heavy atom. The Morgan fingerprint density at radius 3 is 2.46 bits per heavy atom. The zero-order valence-electron chi connectivity index (χ0n) is 16.3. The minimum absolute atomic E-state index is 0.170. The summed E-state index contributed by atoms with van der Waals surface area (Å²) < 4.78 is 34.6. The molecule has 0 unspecified atom stereocenters. The zero-order valence-corrected chi connectivity index (χ0v) is 17.1. The molecule has 0 radical (unpaired) electrons. The molecule has 1 aliphatic rings. The molecular weight excluding hydrogens is 352 g/mol. The fraction of sp³-hybridized carbons (Fsp3) is 0.650. The van der Waals surface area contributed by atoms with Crippen molar-refractivity contribution in [3.05, 3.63) is 23.3 Å². The van der Waals surface area contributed by atoms with Gasteiger partial charge in [0.2, 0.25) is 0 Å². The Morgan fingerprint density at radius 1 is 1.08 bits per heavy atom. The number of ether oxygens (including phenoxy) is 2. The molecule has 0 fully saturated rings. The Bertz CT molecular complexity index is 744. The fourth-order valence-corrected chi connectivity index (χ4v) is 4.08. The van der Waals surface area contributed by atoms with E-state index in [9.17, 15) is 13.2 Å². The monoisotopic (exact) mass is 382 g/mol. The van der Waals surface area contributed by atoms with Crippen LogP contribution in [0.15, 0.2) is 12.1 Å². The van der Waals surface area contributed by atoms with Gasteiger partial charge in [-0.2, -0.15) is 0 Å². The fourth-order valence-electron chi connectivity index (χ4n) is 2.89. The van der Waals surface area contributed by atoms with E-state index in [4.69, 9.17) is 9.47 Å². The average molecular weight is 383 g/mol. The second-order valence-corrected chi connectivity index (χ2v) is 10.7. The number of carbonyl (C=O) groups is 1. The van der Waals surface area contributed by atoms with Gasteiger partial charge in [-0.1, -0.05) is 12.5 Å². The summed E-state index contributed by atoms with van der Waals surface area (Å²) in [7, 11) is -3.07.